The van der Waals surface area contributed by atoms with Gasteiger partial charge in [0.25, 0.3) is 0 Å². The molecule has 0 atom stereocenters. The molecule has 4 rings (SSSR count). The zero-order chi connectivity index (χ0) is 18.6. The van der Waals surface area contributed by atoms with E-state index in [2.05, 4.69) is 47.1 Å². The molecule has 1 aromatic carbocycles. The third-order valence-corrected chi connectivity index (χ3v) is 5.84. The van der Waals surface area contributed by atoms with E-state index in [-0.39, 0.29) is 11.8 Å². The van der Waals surface area contributed by atoms with E-state index in [1.54, 1.807) is 6.33 Å². The first kappa shape index (κ1) is 18.2. The van der Waals surface area contributed by atoms with E-state index in [1.807, 2.05) is 24.3 Å². The fraction of sp³-hybridized carbons (Fsp3) is 0.450. The summed E-state index contributed by atoms with van der Waals surface area (Å²) in [6, 6.07) is 9.81. The zero-order valence-electron chi connectivity index (χ0n) is 15.3. The Morgan fingerprint density at radius 2 is 1.67 bits per heavy atom. The molecule has 1 N–H and O–H groups in total. The lowest BCUT2D eigenvalue weighted by Crippen LogP contribution is -2.38. The molecule has 2 fully saturated rings. The van der Waals surface area contributed by atoms with Crippen LogP contribution in [0.2, 0.25) is 0 Å². The van der Waals surface area contributed by atoms with Gasteiger partial charge in [-0.3, -0.25) is 4.79 Å². The molecule has 27 heavy (non-hydrogen) atoms. The maximum atomic E-state index is 12.6. The van der Waals surface area contributed by atoms with Gasteiger partial charge in [-0.1, -0.05) is 22.0 Å². The molecule has 1 amide bonds. The van der Waals surface area contributed by atoms with Crippen LogP contribution in [0.25, 0.3) is 0 Å². The number of anilines is 3. The normalized spacial score (nSPS) is 18.0. The van der Waals surface area contributed by atoms with Crippen LogP contribution >= 0.6 is 15.9 Å². The minimum absolute atomic E-state index is 0.0418. The van der Waals surface area contributed by atoms with Crippen LogP contribution in [0.4, 0.5) is 17.3 Å². The molecule has 0 aliphatic carbocycles. The molecule has 0 radical (unpaired) electrons. The Kier molecular flexibility index (Phi) is 5.57. The van der Waals surface area contributed by atoms with Crippen molar-refractivity contribution in [2.24, 2.45) is 5.92 Å². The van der Waals surface area contributed by atoms with Gasteiger partial charge in [0.2, 0.25) is 5.91 Å². The summed E-state index contributed by atoms with van der Waals surface area (Å²) in [5.74, 6) is 2.14. The van der Waals surface area contributed by atoms with Crippen LogP contribution in [0.5, 0.6) is 0 Å². The highest BCUT2D eigenvalue weighted by atomic mass is 79.9. The molecule has 2 aliphatic rings. The Bertz CT molecular complexity index is 800. The summed E-state index contributed by atoms with van der Waals surface area (Å²) in [6.45, 7) is 3.84. The van der Waals surface area contributed by atoms with Crippen LogP contribution in [0.15, 0.2) is 41.1 Å². The van der Waals surface area contributed by atoms with E-state index in [0.29, 0.717) is 0 Å². The number of amides is 1. The smallest absolute Gasteiger partial charge is 0.227 e. The number of rotatable bonds is 4. The Morgan fingerprint density at radius 1 is 1.00 bits per heavy atom. The second-order valence-corrected chi connectivity index (χ2v) is 8.11. The molecule has 1 aromatic heterocycles. The number of piperidine rings is 1. The predicted molar refractivity (Wildman–Crippen MR) is 111 cm³/mol. The molecule has 2 saturated heterocycles. The summed E-state index contributed by atoms with van der Waals surface area (Å²) in [5, 5.41) is 3.03. The number of carbonyl (C=O) groups excluding carboxylic acids is 1. The Morgan fingerprint density at radius 3 is 2.33 bits per heavy atom. The van der Waals surface area contributed by atoms with Gasteiger partial charge in [-0.2, -0.15) is 0 Å². The fourth-order valence-corrected chi connectivity index (χ4v) is 4.21. The van der Waals surface area contributed by atoms with Gasteiger partial charge in [-0.15, -0.1) is 0 Å². The summed E-state index contributed by atoms with van der Waals surface area (Å²) in [4.78, 5) is 26.1. The van der Waals surface area contributed by atoms with Crippen molar-refractivity contribution in [2.75, 3.05) is 41.3 Å². The van der Waals surface area contributed by atoms with Crippen LogP contribution in [-0.4, -0.2) is 42.1 Å². The quantitative estimate of drug-likeness (QED) is 0.802. The van der Waals surface area contributed by atoms with Gasteiger partial charge in [0.1, 0.15) is 18.0 Å². The molecule has 2 aromatic rings. The molecular weight excluding hydrogens is 406 g/mol. The van der Waals surface area contributed by atoms with Crippen LogP contribution in [0.1, 0.15) is 25.7 Å². The minimum atomic E-state index is 0.0418. The van der Waals surface area contributed by atoms with Crippen molar-refractivity contribution in [2.45, 2.75) is 25.7 Å². The molecule has 0 bridgehead atoms. The molecule has 0 spiro atoms. The van der Waals surface area contributed by atoms with Crippen LogP contribution < -0.4 is 15.1 Å². The molecular formula is C20H24BrN5O. The first-order valence-electron chi connectivity index (χ1n) is 9.57. The SMILES string of the molecule is O=C(Nc1cccc(Br)c1)C1CCN(c2cc(N3CCCC3)ncn2)CC1. The van der Waals surface area contributed by atoms with Gasteiger partial charge in [0, 0.05) is 48.3 Å². The van der Waals surface area contributed by atoms with Gasteiger partial charge >= 0.3 is 0 Å². The van der Waals surface area contributed by atoms with Crippen molar-refractivity contribution >= 4 is 39.2 Å². The summed E-state index contributed by atoms with van der Waals surface area (Å²) < 4.78 is 0.965. The number of benzene rings is 1. The number of nitrogens with one attached hydrogen (secondary N) is 1. The fourth-order valence-electron chi connectivity index (χ4n) is 3.81. The van der Waals surface area contributed by atoms with Crippen LogP contribution in [0, 0.1) is 5.92 Å². The molecule has 142 valence electrons. The summed E-state index contributed by atoms with van der Waals surface area (Å²) >= 11 is 3.44. The van der Waals surface area contributed by atoms with Crippen molar-refractivity contribution in [3.63, 3.8) is 0 Å². The number of nitrogens with zero attached hydrogens (tertiary/aromatic N) is 4. The Labute approximate surface area is 168 Å². The van der Waals surface area contributed by atoms with E-state index >= 15 is 0 Å². The number of carbonyl (C=O) groups is 1. The molecule has 0 unspecified atom stereocenters. The van der Waals surface area contributed by atoms with Crippen LogP contribution in [-0.2, 0) is 4.79 Å². The highest BCUT2D eigenvalue weighted by Gasteiger charge is 2.26. The maximum Gasteiger partial charge on any atom is 0.227 e. The number of aromatic nitrogens is 2. The monoisotopic (exact) mass is 429 g/mol. The largest absolute Gasteiger partial charge is 0.356 e. The summed E-state index contributed by atoms with van der Waals surface area (Å²) in [7, 11) is 0. The topological polar surface area (TPSA) is 61.4 Å². The highest BCUT2D eigenvalue weighted by molar-refractivity contribution is 9.10. The number of hydrogen-bond acceptors (Lipinski definition) is 5. The van der Waals surface area contributed by atoms with E-state index in [9.17, 15) is 4.79 Å². The lowest BCUT2D eigenvalue weighted by atomic mass is 9.96. The standard InChI is InChI=1S/C20H24BrN5O/c21-16-4-3-5-17(12-16)24-20(27)15-6-10-26(11-7-15)19-13-18(22-14-23-19)25-8-1-2-9-25/h3-5,12-15H,1-2,6-11H2,(H,24,27). The first-order chi connectivity index (χ1) is 13.2. The predicted octanol–water partition coefficient (Wildman–Crippen LogP) is 3.69. The van der Waals surface area contributed by atoms with Gasteiger partial charge in [-0.25, -0.2) is 9.97 Å². The summed E-state index contributed by atoms with van der Waals surface area (Å²) in [5.41, 5.74) is 0.836. The van der Waals surface area contributed by atoms with Crippen molar-refractivity contribution in [3.05, 3.63) is 41.1 Å². The van der Waals surface area contributed by atoms with E-state index < -0.39 is 0 Å². The van der Waals surface area contributed by atoms with Gasteiger partial charge in [0.05, 0.1) is 0 Å². The molecule has 0 saturated carbocycles. The van der Waals surface area contributed by atoms with Crippen LogP contribution in [0.3, 0.4) is 0 Å². The second kappa shape index (κ2) is 8.25. The molecule has 6 nitrogen and oxygen atoms in total. The molecule has 2 aliphatic heterocycles. The zero-order valence-corrected chi connectivity index (χ0v) is 16.9. The van der Waals surface area contributed by atoms with Crippen molar-refractivity contribution in [1.29, 1.82) is 0 Å². The number of hydrogen-bond donors (Lipinski definition) is 1. The van der Waals surface area contributed by atoms with E-state index in [1.165, 1.54) is 12.8 Å². The van der Waals surface area contributed by atoms with Gasteiger partial charge in [-0.05, 0) is 43.9 Å². The molecule has 3 heterocycles. The van der Waals surface area contributed by atoms with E-state index in [4.69, 9.17) is 0 Å². The van der Waals surface area contributed by atoms with Crippen molar-refractivity contribution < 1.29 is 4.79 Å². The Balaban J connectivity index is 1.34. The number of halogens is 1. The lowest BCUT2D eigenvalue weighted by molar-refractivity contribution is -0.120. The average Bonchev–Trinajstić information content (AvgIpc) is 3.23. The van der Waals surface area contributed by atoms with E-state index in [0.717, 1.165) is 60.8 Å². The third kappa shape index (κ3) is 4.40. The highest BCUT2D eigenvalue weighted by Crippen LogP contribution is 2.26. The van der Waals surface area contributed by atoms with Crippen molar-refractivity contribution in [3.8, 4) is 0 Å². The summed E-state index contributed by atoms with van der Waals surface area (Å²) in [6.07, 6.45) is 5.80. The average molecular weight is 430 g/mol. The lowest BCUT2D eigenvalue weighted by Gasteiger charge is -2.32. The first-order valence-corrected chi connectivity index (χ1v) is 10.4. The van der Waals surface area contributed by atoms with Gasteiger partial charge < -0.3 is 15.1 Å². The minimum Gasteiger partial charge on any atom is -0.356 e. The third-order valence-electron chi connectivity index (χ3n) is 5.35. The maximum absolute atomic E-state index is 12.6. The van der Waals surface area contributed by atoms with Gasteiger partial charge in [0.15, 0.2) is 0 Å². The molecule has 7 heteroatoms. The van der Waals surface area contributed by atoms with Crippen molar-refractivity contribution in [1.82, 2.24) is 9.97 Å². The Hall–Kier alpha value is -2.15. The second-order valence-electron chi connectivity index (χ2n) is 7.19.